The topological polar surface area (TPSA) is 66.6 Å². The molecule has 2 aliphatic heterocycles. The van der Waals surface area contributed by atoms with E-state index in [1.165, 1.54) is 11.0 Å². The van der Waals surface area contributed by atoms with Gasteiger partial charge in [0.05, 0.1) is 5.56 Å². The van der Waals surface area contributed by atoms with Crippen molar-refractivity contribution in [2.75, 3.05) is 24.5 Å². The molecule has 28 heavy (non-hydrogen) atoms. The predicted molar refractivity (Wildman–Crippen MR) is 100 cm³/mol. The van der Waals surface area contributed by atoms with Gasteiger partial charge in [-0.2, -0.15) is 13.2 Å². The van der Waals surface area contributed by atoms with Gasteiger partial charge in [-0.3, -0.25) is 9.59 Å². The van der Waals surface area contributed by atoms with Gasteiger partial charge in [0, 0.05) is 43.3 Å². The normalized spacial score (nSPS) is 27.1. The van der Waals surface area contributed by atoms with E-state index in [9.17, 15) is 22.8 Å². The summed E-state index contributed by atoms with van der Waals surface area (Å²) in [5.41, 5.74) is 5.31. The summed E-state index contributed by atoms with van der Waals surface area (Å²) >= 11 is 0. The molecule has 1 aliphatic carbocycles. The number of carbonyl (C=O) groups is 2. The van der Waals surface area contributed by atoms with E-state index in [-0.39, 0.29) is 41.5 Å². The van der Waals surface area contributed by atoms with Gasteiger partial charge in [-0.1, -0.05) is 0 Å². The Labute approximate surface area is 167 Å². The first-order valence-electron chi connectivity index (χ1n) is 9.31. The Morgan fingerprint density at radius 3 is 2.50 bits per heavy atom. The van der Waals surface area contributed by atoms with Crippen LogP contribution in [0.25, 0.3) is 0 Å². The van der Waals surface area contributed by atoms with E-state index < -0.39 is 17.6 Å². The molecule has 3 unspecified atom stereocenters. The number of hydrogen-bond acceptors (Lipinski definition) is 3. The molecule has 2 heterocycles. The number of amides is 2. The van der Waals surface area contributed by atoms with Crippen molar-refractivity contribution in [3.63, 3.8) is 0 Å². The monoisotopic (exact) mass is 417 g/mol. The van der Waals surface area contributed by atoms with E-state index in [4.69, 9.17) is 5.73 Å². The molecule has 5 nitrogen and oxygen atoms in total. The van der Waals surface area contributed by atoms with Gasteiger partial charge in [0.15, 0.2) is 0 Å². The lowest BCUT2D eigenvalue weighted by molar-refractivity contribution is -0.137. The molecule has 0 bridgehead atoms. The molecular weight excluding hydrogens is 395 g/mol. The number of nitrogens with zero attached hydrogens (tertiary/aromatic N) is 2. The zero-order chi connectivity index (χ0) is 19.3. The lowest BCUT2D eigenvalue weighted by Crippen LogP contribution is -2.34. The lowest BCUT2D eigenvalue weighted by atomic mass is 9.98. The Balaban J connectivity index is 0.00000225. The Morgan fingerprint density at radius 1 is 1.14 bits per heavy atom. The SMILES string of the molecule is Cl.NC1CCC2CN(C(=O)c3cc(N4CCCC4=O)cc(C(F)(F)F)c3)CC12. The number of rotatable bonds is 2. The molecule has 154 valence electrons. The van der Waals surface area contributed by atoms with Crippen LogP contribution in [0.15, 0.2) is 18.2 Å². The van der Waals surface area contributed by atoms with Crippen molar-refractivity contribution < 1.29 is 22.8 Å². The molecule has 3 fully saturated rings. The summed E-state index contributed by atoms with van der Waals surface area (Å²) in [6, 6.07) is 3.30. The van der Waals surface area contributed by atoms with Crippen molar-refractivity contribution in [3.05, 3.63) is 29.3 Å². The number of benzene rings is 1. The van der Waals surface area contributed by atoms with E-state index >= 15 is 0 Å². The van der Waals surface area contributed by atoms with Crippen LogP contribution >= 0.6 is 12.4 Å². The molecule has 2 amide bonds. The van der Waals surface area contributed by atoms with E-state index in [2.05, 4.69) is 0 Å². The van der Waals surface area contributed by atoms with Gasteiger partial charge < -0.3 is 15.5 Å². The number of nitrogens with two attached hydrogens (primary N) is 1. The minimum absolute atomic E-state index is 0. The fraction of sp³-hybridized carbons (Fsp3) is 0.579. The molecular formula is C19H23ClF3N3O2. The summed E-state index contributed by atoms with van der Waals surface area (Å²) in [4.78, 5) is 27.8. The fourth-order valence-electron chi connectivity index (χ4n) is 4.63. The van der Waals surface area contributed by atoms with E-state index in [1.807, 2.05) is 0 Å². The first-order valence-corrected chi connectivity index (χ1v) is 9.31. The molecule has 0 radical (unpaired) electrons. The van der Waals surface area contributed by atoms with Crippen molar-refractivity contribution >= 4 is 29.9 Å². The largest absolute Gasteiger partial charge is 0.416 e. The van der Waals surface area contributed by atoms with Crippen molar-refractivity contribution in [3.8, 4) is 0 Å². The molecule has 1 aromatic carbocycles. The maximum absolute atomic E-state index is 13.4. The van der Waals surface area contributed by atoms with Crippen LogP contribution in [0.3, 0.4) is 0 Å². The van der Waals surface area contributed by atoms with Crippen LogP contribution in [0, 0.1) is 11.8 Å². The second kappa shape index (κ2) is 7.55. The lowest BCUT2D eigenvalue weighted by Gasteiger charge is -2.22. The maximum Gasteiger partial charge on any atom is 0.416 e. The fourth-order valence-corrected chi connectivity index (χ4v) is 4.63. The zero-order valence-corrected chi connectivity index (χ0v) is 16.1. The van der Waals surface area contributed by atoms with Crippen molar-refractivity contribution in [2.45, 2.75) is 37.9 Å². The number of alkyl halides is 3. The molecule has 3 atom stereocenters. The van der Waals surface area contributed by atoms with E-state index in [0.717, 1.165) is 25.0 Å². The molecule has 2 saturated heterocycles. The third-order valence-electron chi connectivity index (χ3n) is 6.08. The third-order valence-corrected chi connectivity index (χ3v) is 6.08. The number of halogens is 4. The van der Waals surface area contributed by atoms with Gasteiger partial charge >= 0.3 is 6.18 Å². The summed E-state index contributed by atoms with van der Waals surface area (Å²) in [5.74, 6) is -0.0845. The van der Waals surface area contributed by atoms with Gasteiger partial charge in [0.25, 0.3) is 5.91 Å². The summed E-state index contributed by atoms with van der Waals surface area (Å²) in [6.07, 6.45) is -1.79. The van der Waals surface area contributed by atoms with Gasteiger partial charge in [-0.05, 0) is 49.3 Å². The average molecular weight is 418 g/mol. The Morgan fingerprint density at radius 2 is 1.89 bits per heavy atom. The van der Waals surface area contributed by atoms with Crippen LogP contribution in [0.4, 0.5) is 18.9 Å². The molecule has 2 N–H and O–H groups in total. The minimum Gasteiger partial charge on any atom is -0.338 e. The Bertz CT molecular complexity index is 786. The molecule has 4 rings (SSSR count). The smallest absolute Gasteiger partial charge is 0.338 e. The van der Waals surface area contributed by atoms with Crippen molar-refractivity contribution in [2.24, 2.45) is 17.6 Å². The number of anilines is 1. The summed E-state index contributed by atoms with van der Waals surface area (Å²) in [6.45, 7) is 1.39. The van der Waals surface area contributed by atoms with Gasteiger partial charge in [-0.25, -0.2) is 0 Å². The molecule has 9 heteroatoms. The average Bonchev–Trinajstić information content (AvgIpc) is 3.31. The maximum atomic E-state index is 13.4. The third kappa shape index (κ3) is 3.72. The van der Waals surface area contributed by atoms with Crippen LogP contribution in [-0.2, 0) is 11.0 Å². The summed E-state index contributed by atoms with van der Waals surface area (Å²) < 4.78 is 40.1. The standard InChI is InChI=1S/C19H22F3N3O2.ClH/c20-19(21,22)13-6-12(7-14(8-13)25-5-1-2-17(25)26)18(27)24-9-11-3-4-16(23)15(11)10-24;/h6-8,11,15-16H,1-5,9-10,23H2;1H. The predicted octanol–water partition coefficient (Wildman–Crippen LogP) is 3.06. The summed E-state index contributed by atoms with van der Waals surface area (Å²) in [7, 11) is 0. The quantitative estimate of drug-likeness (QED) is 0.804. The van der Waals surface area contributed by atoms with Crippen LogP contribution in [0.1, 0.15) is 41.6 Å². The second-order valence-corrected chi connectivity index (χ2v) is 7.79. The molecule has 0 spiro atoms. The van der Waals surface area contributed by atoms with Crippen LogP contribution in [-0.4, -0.2) is 42.4 Å². The number of likely N-dealkylation sites (tertiary alicyclic amines) is 1. The summed E-state index contributed by atoms with van der Waals surface area (Å²) in [5, 5.41) is 0. The first-order chi connectivity index (χ1) is 12.7. The minimum atomic E-state index is -4.59. The van der Waals surface area contributed by atoms with Crippen LogP contribution < -0.4 is 10.6 Å². The molecule has 0 aromatic heterocycles. The van der Waals surface area contributed by atoms with Gasteiger partial charge in [0.1, 0.15) is 0 Å². The highest BCUT2D eigenvalue weighted by Gasteiger charge is 2.43. The zero-order valence-electron chi connectivity index (χ0n) is 15.2. The number of hydrogen-bond donors (Lipinski definition) is 1. The van der Waals surface area contributed by atoms with Crippen molar-refractivity contribution in [1.29, 1.82) is 0 Å². The van der Waals surface area contributed by atoms with E-state index in [0.29, 0.717) is 38.4 Å². The van der Waals surface area contributed by atoms with Crippen LogP contribution in [0.5, 0.6) is 0 Å². The van der Waals surface area contributed by atoms with Crippen molar-refractivity contribution in [1.82, 2.24) is 4.90 Å². The highest BCUT2D eigenvalue weighted by molar-refractivity contribution is 5.99. The number of carbonyl (C=O) groups excluding carboxylic acids is 2. The van der Waals surface area contributed by atoms with Gasteiger partial charge in [0.2, 0.25) is 5.91 Å². The highest BCUT2D eigenvalue weighted by atomic mass is 35.5. The van der Waals surface area contributed by atoms with Crippen LogP contribution in [0.2, 0.25) is 0 Å². The first kappa shape index (κ1) is 20.9. The van der Waals surface area contributed by atoms with E-state index in [1.54, 1.807) is 4.90 Å². The highest BCUT2D eigenvalue weighted by Crippen LogP contribution is 2.39. The van der Waals surface area contributed by atoms with Gasteiger partial charge in [-0.15, -0.1) is 12.4 Å². The number of fused-ring (bicyclic) bond motifs is 1. The molecule has 1 aromatic rings. The molecule has 3 aliphatic rings. The molecule has 1 saturated carbocycles. The second-order valence-electron chi connectivity index (χ2n) is 7.79. The Hall–Kier alpha value is -1.80. The Kier molecular flexibility index (Phi) is 5.64.